The average Bonchev–Trinajstić information content (AvgIpc) is 2.61. The molecule has 1 amide bonds. The summed E-state index contributed by atoms with van der Waals surface area (Å²) in [6.07, 6.45) is 0.904. The number of benzene rings is 2. The number of nitrogens with one attached hydrogen (secondary N) is 1. The second-order valence-electron chi connectivity index (χ2n) is 5.58. The standard InChI is InChI=1S/C19H22N2OS/c1-3-14-7-5-6-8-16(14)20-19(22)15-9-10-18-17(13-15)21(4-2)11-12-23-18/h5-10,13H,3-4,11-12H2,1-2H3,(H,20,22). The van der Waals surface area contributed by atoms with Crippen molar-refractivity contribution in [2.45, 2.75) is 25.2 Å². The van der Waals surface area contributed by atoms with Crippen molar-refractivity contribution in [3.05, 3.63) is 53.6 Å². The zero-order valence-electron chi connectivity index (χ0n) is 13.6. The minimum Gasteiger partial charge on any atom is -0.370 e. The van der Waals surface area contributed by atoms with Crippen LogP contribution in [0.1, 0.15) is 29.8 Å². The Morgan fingerprint density at radius 2 is 2.04 bits per heavy atom. The molecule has 0 saturated carbocycles. The summed E-state index contributed by atoms with van der Waals surface area (Å²) in [7, 11) is 0. The Labute approximate surface area is 142 Å². The lowest BCUT2D eigenvalue weighted by Crippen LogP contribution is -2.29. The first-order chi connectivity index (χ1) is 11.2. The number of carbonyl (C=O) groups excluding carboxylic acids is 1. The van der Waals surface area contributed by atoms with Crippen LogP contribution >= 0.6 is 11.8 Å². The number of rotatable bonds is 4. The molecule has 23 heavy (non-hydrogen) atoms. The molecule has 0 saturated heterocycles. The molecule has 0 aliphatic carbocycles. The third-order valence-electron chi connectivity index (χ3n) is 4.21. The Balaban J connectivity index is 1.85. The Hall–Kier alpha value is -1.94. The van der Waals surface area contributed by atoms with E-state index in [1.165, 1.54) is 10.6 Å². The largest absolute Gasteiger partial charge is 0.370 e. The van der Waals surface area contributed by atoms with Gasteiger partial charge < -0.3 is 10.2 Å². The van der Waals surface area contributed by atoms with Crippen LogP contribution in [0.5, 0.6) is 0 Å². The summed E-state index contributed by atoms with van der Waals surface area (Å²) < 4.78 is 0. The van der Waals surface area contributed by atoms with Gasteiger partial charge in [-0.3, -0.25) is 4.79 Å². The van der Waals surface area contributed by atoms with Crippen molar-refractivity contribution in [3.8, 4) is 0 Å². The maximum absolute atomic E-state index is 12.6. The van der Waals surface area contributed by atoms with Gasteiger partial charge in [-0.2, -0.15) is 0 Å². The first kappa shape index (κ1) is 15.9. The lowest BCUT2D eigenvalue weighted by Gasteiger charge is -2.30. The van der Waals surface area contributed by atoms with E-state index in [0.717, 1.165) is 42.1 Å². The van der Waals surface area contributed by atoms with Gasteiger partial charge in [0.25, 0.3) is 5.91 Å². The second-order valence-corrected chi connectivity index (χ2v) is 6.71. The van der Waals surface area contributed by atoms with E-state index in [1.807, 2.05) is 42.1 Å². The number of hydrogen-bond acceptors (Lipinski definition) is 3. The van der Waals surface area contributed by atoms with Crippen molar-refractivity contribution in [2.75, 3.05) is 29.1 Å². The number of nitrogens with zero attached hydrogens (tertiary/aromatic N) is 1. The minimum atomic E-state index is -0.0414. The molecule has 0 radical (unpaired) electrons. The van der Waals surface area contributed by atoms with Crippen LogP contribution in [-0.4, -0.2) is 24.7 Å². The van der Waals surface area contributed by atoms with Crippen molar-refractivity contribution in [3.63, 3.8) is 0 Å². The minimum absolute atomic E-state index is 0.0414. The molecule has 1 aliphatic heterocycles. The first-order valence-corrected chi connectivity index (χ1v) is 9.12. The molecule has 1 heterocycles. The molecule has 0 atom stereocenters. The molecule has 1 N–H and O–H groups in total. The van der Waals surface area contributed by atoms with E-state index in [0.29, 0.717) is 0 Å². The second kappa shape index (κ2) is 7.09. The summed E-state index contributed by atoms with van der Waals surface area (Å²) >= 11 is 1.86. The van der Waals surface area contributed by atoms with Gasteiger partial charge in [-0.25, -0.2) is 0 Å². The van der Waals surface area contributed by atoms with Gasteiger partial charge in [-0.15, -0.1) is 11.8 Å². The molecule has 0 aromatic heterocycles. The number of amides is 1. The Morgan fingerprint density at radius 3 is 2.83 bits per heavy atom. The van der Waals surface area contributed by atoms with Gasteiger partial charge in [0.15, 0.2) is 0 Å². The Morgan fingerprint density at radius 1 is 1.22 bits per heavy atom. The van der Waals surface area contributed by atoms with Crippen LogP contribution in [0.3, 0.4) is 0 Å². The molecule has 0 spiro atoms. The number of carbonyl (C=O) groups is 1. The maximum atomic E-state index is 12.6. The van der Waals surface area contributed by atoms with Crippen molar-refractivity contribution < 1.29 is 4.79 Å². The molecule has 2 aromatic rings. The summed E-state index contributed by atoms with van der Waals surface area (Å²) in [6, 6.07) is 14.0. The van der Waals surface area contributed by atoms with E-state index in [1.54, 1.807) is 0 Å². The zero-order chi connectivity index (χ0) is 16.2. The SMILES string of the molecule is CCc1ccccc1NC(=O)c1ccc2c(c1)N(CC)CCS2. The fraction of sp³-hybridized carbons (Fsp3) is 0.316. The van der Waals surface area contributed by atoms with Gasteiger partial charge in [0, 0.05) is 35.0 Å². The third-order valence-corrected chi connectivity index (χ3v) is 5.25. The normalized spacial score (nSPS) is 13.6. The van der Waals surface area contributed by atoms with E-state index in [-0.39, 0.29) is 5.91 Å². The Bertz CT molecular complexity index is 714. The number of para-hydroxylation sites is 1. The van der Waals surface area contributed by atoms with Crippen molar-refractivity contribution in [1.82, 2.24) is 0 Å². The van der Waals surface area contributed by atoms with Crippen LogP contribution in [0.2, 0.25) is 0 Å². The quantitative estimate of drug-likeness (QED) is 0.902. The molecule has 0 fully saturated rings. The number of anilines is 2. The molecule has 0 unspecified atom stereocenters. The predicted molar refractivity (Wildman–Crippen MR) is 98.8 cm³/mol. The van der Waals surface area contributed by atoms with Crippen LogP contribution < -0.4 is 10.2 Å². The summed E-state index contributed by atoms with van der Waals surface area (Å²) in [4.78, 5) is 16.2. The lowest BCUT2D eigenvalue weighted by atomic mass is 10.1. The van der Waals surface area contributed by atoms with E-state index in [9.17, 15) is 4.79 Å². The third kappa shape index (κ3) is 3.37. The maximum Gasteiger partial charge on any atom is 0.255 e. The fourth-order valence-electron chi connectivity index (χ4n) is 2.89. The van der Waals surface area contributed by atoms with Gasteiger partial charge >= 0.3 is 0 Å². The van der Waals surface area contributed by atoms with E-state index < -0.39 is 0 Å². The molecule has 1 aliphatic rings. The van der Waals surface area contributed by atoms with Crippen LogP contribution in [0.25, 0.3) is 0 Å². The highest BCUT2D eigenvalue weighted by Crippen LogP contribution is 2.35. The van der Waals surface area contributed by atoms with Gasteiger partial charge in [0.1, 0.15) is 0 Å². The number of hydrogen-bond donors (Lipinski definition) is 1. The van der Waals surface area contributed by atoms with E-state index in [4.69, 9.17) is 0 Å². The summed E-state index contributed by atoms with van der Waals surface area (Å²) in [5.41, 5.74) is 3.96. The number of fused-ring (bicyclic) bond motifs is 1. The molecule has 120 valence electrons. The zero-order valence-corrected chi connectivity index (χ0v) is 14.5. The van der Waals surface area contributed by atoms with Crippen LogP contribution in [0.4, 0.5) is 11.4 Å². The highest BCUT2D eigenvalue weighted by molar-refractivity contribution is 7.99. The van der Waals surface area contributed by atoms with Crippen LogP contribution in [0.15, 0.2) is 47.4 Å². The highest BCUT2D eigenvalue weighted by Gasteiger charge is 2.18. The fourth-order valence-corrected chi connectivity index (χ4v) is 3.92. The Kier molecular flexibility index (Phi) is 4.91. The predicted octanol–water partition coefficient (Wildman–Crippen LogP) is 4.43. The van der Waals surface area contributed by atoms with E-state index in [2.05, 4.69) is 36.2 Å². The number of thioether (sulfide) groups is 1. The summed E-state index contributed by atoms with van der Waals surface area (Å²) in [6.45, 7) is 6.26. The van der Waals surface area contributed by atoms with Gasteiger partial charge in [0.05, 0.1) is 5.69 Å². The molecule has 3 nitrogen and oxygen atoms in total. The van der Waals surface area contributed by atoms with Crippen LogP contribution in [0, 0.1) is 0 Å². The summed E-state index contributed by atoms with van der Waals surface area (Å²) in [5, 5.41) is 3.05. The lowest BCUT2D eigenvalue weighted by molar-refractivity contribution is 0.102. The van der Waals surface area contributed by atoms with Gasteiger partial charge in [0.2, 0.25) is 0 Å². The van der Waals surface area contributed by atoms with Crippen LogP contribution in [-0.2, 0) is 6.42 Å². The molecular formula is C19H22N2OS. The van der Waals surface area contributed by atoms with Crippen molar-refractivity contribution in [2.24, 2.45) is 0 Å². The first-order valence-electron chi connectivity index (χ1n) is 8.14. The molecular weight excluding hydrogens is 304 g/mol. The smallest absolute Gasteiger partial charge is 0.255 e. The van der Waals surface area contributed by atoms with Gasteiger partial charge in [-0.1, -0.05) is 25.1 Å². The number of aryl methyl sites for hydroxylation is 1. The molecule has 4 heteroatoms. The molecule has 3 rings (SSSR count). The average molecular weight is 326 g/mol. The van der Waals surface area contributed by atoms with E-state index >= 15 is 0 Å². The summed E-state index contributed by atoms with van der Waals surface area (Å²) in [5.74, 6) is 1.07. The monoisotopic (exact) mass is 326 g/mol. The highest BCUT2D eigenvalue weighted by atomic mass is 32.2. The van der Waals surface area contributed by atoms with Crippen molar-refractivity contribution >= 4 is 29.0 Å². The van der Waals surface area contributed by atoms with Gasteiger partial charge in [-0.05, 0) is 43.2 Å². The molecule has 0 bridgehead atoms. The van der Waals surface area contributed by atoms with Crippen molar-refractivity contribution in [1.29, 1.82) is 0 Å². The topological polar surface area (TPSA) is 32.3 Å². The molecule has 2 aromatic carbocycles.